The number of hydrogen-bond acceptors (Lipinski definition) is 7. The van der Waals surface area contributed by atoms with Gasteiger partial charge in [0.2, 0.25) is 5.88 Å². The molecule has 2 aromatic carbocycles. The fourth-order valence-electron chi connectivity index (χ4n) is 2.95. The third-order valence-corrected chi connectivity index (χ3v) is 4.65. The minimum absolute atomic E-state index is 0.0564. The van der Waals surface area contributed by atoms with Gasteiger partial charge >= 0.3 is 0 Å². The number of rotatable bonds is 9. The molecule has 0 atom stereocenters. The number of carbonyl (C=O) groups is 1. The van der Waals surface area contributed by atoms with E-state index in [1.54, 1.807) is 23.8 Å². The number of methoxy groups -OCH3 is 1. The van der Waals surface area contributed by atoms with Crippen molar-refractivity contribution in [2.45, 2.75) is 6.92 Å². The van der Waals surface area contributed by atoms with Crippen LogP contribution in [-0.2, 0) is 4.79 Å². The van der Waals surface area contributed by atoms with Crippen LogP contribution >= 0.6 is 0 Å². The normalized spacial score (nSPS) is 10.7. The average molecular weight is 433 g/mol. The van der Waals surface area contributed by atoms with Crippen molar-refractivity contribution >= 4 is 11.6 Å². The van der Waals surface area contributed by atoms with Gasteiger partial charge in [-0.05, 0) is 49.4 Å². The first-order valence-electron chi connectivity index (χ1n) is 10.1. The number of amides is 1. The predicted octanol–water partition coefficient (Wildman–Crippen LogP) is 2.68. The van der Waals surface area contributed by atoms with Crippen molar-refractivity contribution in [3.63, 3.8) is 0 Å². The number of fused-ring (bicyclic) bond motifs is 1. The zero-order valence-electron chi connectivity index (χ0n) is 17.8. The molecule has 9 heteroatoms. The van der Waals surface area contributed by atoms with E-state index in [1.165, 1.54) is 0 Å². The van der Waals surface area contributed by atoms with Crippen LogP contribution in [0.25, 0.3) is 17.0 Å². The number of nitrogens with one attached hydrogen (secondary N) is 1. The van der Waals surface area contributed by atoms with Gasteiger partial charge in [-0.2, -0.15) is 4.52 Å². The molecule has 0 radical (unpaired) electrons. The van der Waals surface area contributed by atoms with Crippen LogP contribution in [0, 0.1) is 6.92 Å². The number of ether oxygens (including phenoxy) is 3. The Balaban J connectivity index is 1.29. The van der Waals surface area contributed by atoms with Crippen LogP contribution in [0.5, 0.6) is 17.4 Å². The molecule has 32 heavy (non-hydrogen) atoms. The minimum Gasteiger partial charge on any atom is -0.497 e. The zero-order valence-corrected chi connectivity index (χ0v) is 17.8. The van der Waals surface area contributed by atoms with Crippen LogP contribution in [-0.4, -0.2) is 52.6 Å². The van der Waals surface area contributed by atoms with Gasteiger partial charge in [0.1, 0.15) is 18.1 Å². The first-order chi connectivity index (χ1) is 15.6. The van der Waals surface area contributed by atoms with Crippen LogP contribution in [0.1, 0.15) is 5.56 Å². The van der Waals surface area contributed by atoms with E-state index in [9.17, 15) is 4.79 Å². The molecule has 0 aliphatic rings. The number of aromatic nitrogens is 4. The van der Waals surface area contributed by atoms with Gasteiger partial charge < -0.3 is 19.5 Å². The van der Waals surface area contributed by atoms with Crippen LogP contribution in [0.15, 0.2) is 60.7 Å². The lowest BCUT2D eigenvalue weighted by Crippen LogP contribution is -2.32. The Morgan fingerprint density at radius 1 is 0.938 bits per heavy atom. The highest BCUT2D eigenvalue weighted by atomic mass is 16.5. The van der Waals surface area contributed by atoms with Crippen LogP contribution in [0.4, 0.5) is 0 Å². The summed E-state index contributed by atoms with van der Waals surface area (Å²) in [7, 11) is 1.62. The van der Waals surface area contributed by atoms with Crippen molar-refractivity contribution in [3.8, 4) is 28.8 Å². The van der Waals surface area contributed by atoms with Gasteiger partial charge in [-0.3, -0.25) is 4.79 Å². The molecule has 4 rings (SSSR count). The maximum Gasteiger partial charge on any atom is 0.258 e. The summed E-state index contributed by atoms with van der Waals surface area (Å²) in [5.41, 5.74) is 2.59. The molecule has 1 amide bonds. The molecule has 0 bridgehead atoms. The summed E-state index contributed by atoms with van der Waals surface area (Å²) in [4.78, 5) is 11.9. The quantitative estimate of drug-likeness (QED) is 0.405. The van der Waals surface area contributed by atoms with Crippen LogP contribution in [0.3, 0.4) is 0 Å². The third kappa shape index (κ3) is 5.12. The molecule has 0 aliphatic carbocycles. The molecule has 0 saturated heterocycles. The maximum atomic E-state index is 11.9. The molecule has 0 spiro atoms. The molecule has 0 saturated carbocycles. The molecule has 4 aromatic rings. The Morgan fingerprint density at radius 3 is 2.44 bits per heavy atom. The summed E-state index contributed by atoms with van der Waals surface area (Å²) < 4.78 is 17.9. The number of nitrogens with zero attached hydrogens (tertiary/aromatic N) is 4. The minimum atomic E-state index is -0.224. The molecule has 1 N–H and O–H groups in total. The Bertz CT molecular complexity index is 1190. The SMILES string of the molecule is COc1ccc(-c2nnc3ccc(OCCNC(=O)COc4ccc(C)cc4)nn23)cc1. The van der Waals surface area contributed by atoms with Crippen LogP contribution < -0.4 is 19.5 Å². The van der Waals surface area contributed by atoms with E-state index in [2.05, 4.69) is 20.6 Å². The summed E-state index contributed by atoms with van der Waals surface area (Å²) >= 11 is 0. The lowest BCUT2D eigenvalue weighted by molar-refractivity contribution is -0.123. The summed E-state index contributed by atoms with van der Waals surface area (Å²) in [6, 6.07) is 18.5. The van der Waals surface area contributed by atoms with Crippen molar-refractivity contribution in [2.75, 3.05) is 26.9 Å². The van der Waals surface area contributed by atoms with E-state index in [4.69, 9.17) is 14.2 Å². The van der Waals surface area contributed by atoms with Gasteiger partial charge in [-0.25, -0.2) is 0 Å². The van der Waals surface area contributed by atoms with Gasteiger partial charge in [0.15, 0.2) is 18.1 Å². The monoisotopic (exact) mass is 433 g/mol. The van der Waals surface area contributed by atoms with Crippen LogP contribution in [0.2, 0.25) is 0 Å². The lowest BCUT2D eigenvalue weighted by Gasteiger charge is -2.09. The Hall–Kier alpha value is -4.14. The highest BCUT2D eigenvalue weighted by Gasteiger charge is 2.11. The van der Waals surface area contributed by atoms with E-state index >= 15 is 0 Å². The molecule has 0 fully saturated rings. The van der Waals surface area contributed by atoms with E-state index in [0.717, 1.165) is 16.9 Å². The molecule has 0 aliphatic heterocycles. The van der Waals surface area contributed by atoms with Crippen molar-refractivity contribution in [3.05, 3.63) is 66.2 Å². The summed E-state index contributed by atoms with van der Waals surface area (Å²) in [5.74, 6) is 2.18. The molecule has 164 valence electrons. The fourth-order valence-corrected chi connectivity index (χ4v) is 2.95. The Kier molecular flexibility index (Phi) is 6.45. The molecular weight excluding hydrogens is 410 g/mol. The lowest BCUT2D eigenvalue weighted by atomic mass is 10.2. The highest BCUT2D eigenvalue weighted by Crippen LogP contribution is 2.21. The molecule has 9 nitrogen and oxygen atoms in total. The smallest absolute Gasteiger partial charge is 0.258 e. The average Bonchev–Trinajstić information content (AvgIpc) is 3.25. The molecule has 2 heterocycles. The summed E-state index contributed by atoms with van der Waals surface area (Å²) in [5, 5.41) is 15.6. The second kappa shape index (κ2) is 9.78. The van der Waals surface area contributed by atoms with Crippen molar-refractivity contribution in [1.82, 2.24) is 25.1 Å². The summed E-state index contributed by atoms with van der Waals surface area (Å²) in [6.07, 6.45) is 0. The first-order valence-corrected chi connectivity index (χ1v) is 10.1. The number of hydrogen-bond donors (Lipinski definition) is 1. The predicted molar refractivity (Wildman–Crippen MR) is 118 cm³/mol. The van der Waals surface area contributed by atoms with E-state index < -0.39 is 0 Å². The van der Waals surface area contributed by atoms with E-state index in [-0.39, 0.29) is 19.1 Å². The number of carbonyl (C=O) groups excluding carboxylic acids is 1. The van der Waals surface area contributed by atoms with E-state index in [0.29, 0.717) is 29.6 Å². The van der Waals surface area contributed by atoms with Gasteiger partial charge in [0.05, 0.1) is 13.7 Å². The third-order valence-electron chi connectivity index (χ3n) is 4.65. The van der Waals surface area contributed by atoms with Crippen molar-refractivity contribution in [2.24, 2.45) is 0 Å². The zero-order chi connectivity index (χ0) is 22.3. The fraction of sp³-hybridized carbons (Fsp3) is 0.217. The Morgan fingerprint density at radius 2 is 1.69 bits per heavy atom. The van der Waals surface area contributed by atoms with Crippen molar-refractivity contribution < 1.29 is 19.0 Å². The largest absolute Gasteiger partial charge is 0.497 e. The molecule has 0 unspecified atom stereocenters. The first kappa shape index (κ1) is 21.1. The van der Waals surface area contributed by atoms with E-state index in [1.807, 2.05) is 55.5 Å². The topological polar surface area (TPSA) is 99.9 Å². The number of aryl methyl sites for hydroxylation is 1. The van der Waals surface area contributed by atoms with Crippen molar-refractivity contribution in [1.29, 1.82) is 0 Å². The van der Waals surface area contributed by atoms with Gasteiger partial charge in [0, 0.05) is 11.6 Å². The molecule has 2 aromatic heterocycles. The van der Waals surface area contributed by atoms with Gasteiger partial charge in [0.25, 0.3) is 5.91 Å². The molecular formula is C23H23N5O4. The van der Waals surface area contributed by atoms with Gasteiger partial charge in [-0.1, -0.05) is 17.7 Å². The Labute approximate surface area is 185 Å². The highest BCUT2D eigenvalue weighted by molar-refractivity contribution is 5.77. The summed E-state index contributed by atoms with van der Waals surface area (Å²) in [6.45, 7) is 2.52. The second-order valence-corrected chi connectivity index (χ2v) is 6.99. The number of benzene rings is 2. The second-order valence-electron chi connectivity index (χ2n) is 6.99. The standard InChI is InChI=1S/C23H23N5O4/c1-16-3-7-19(8-4-16)32-15-21(29)24-13-14-31-22-12-11-20-25-26-23(28(20)27-22)17-5-9-18(30-2)10-6-17/h3-12H,13-15H2,1-2H3,(H,24,29). The maximum absolute atomic E-state index is 11.9. The van der Waals surface area contributed by atoms with Gasteiger partial charge in [-0.15, -0.1) is 15.3 Å².